The number of carbonyl (C=O) groups excluding carboxylic acids is 1. The average Bonchev–Trinajstić information content (AvgIpc) is 2.90. The van der Waals surface area contributed by atoms with Gasteiger partial charge < -0.3 is 4.74 Å². The minimum Gasteiger partial charge on any atom is -0.469 e. The molecule has 0 N–H and O–H groups in total. The Hall–Kier alpha value is -3.00. The van der Waals surface area contributed by atoms with Crippen molar-refractivity contribution in [3.63, 3.8) is 0 Å². The molecular weight excluding hydrogens is 496 g/mol. The average molecular weight is 527 g/mol. The van der Waals surface area contributed by atoms with Crippen LogP contribution in [0.25, 0.3) is 5.57 Å². The first-order chi connectivity index (χ1) is 17.3. The summed E-state index contributed by atoms with van der Waals surface area (Å²) in [7, 11) is -2.19. The molecule has 3 rings (SSSR count). The molecule has 0 aliphatic carbocycles. The summed E-state index contributed by atoms with van der Waals surface area (Å²) in [6.07, 6.45) is 8.07. The quantitative estimate of drug-likeness (QED) is 0.221. The van der Waals surface area contributed by atoms with Crippen LogP contribution in [0.15, 0.2) is 84.0 Å². The normalized spacial score (nSPS) is 12.1. The number of esters is 1. The zero-order valence-corrected chi connectivity index (χ0v) is 22.1. The van der Waals surface area contributed by atoms with Crippen molar-refractivity contribution in [1.29, 1.82) is 0 Å². The number of hydrogen-bond acceptors (Lipinski definition) is 5. The first-order valence-electron chi connectivity index (χ1n) is 11.9. The van der Waals surface area contributed by atoms with E-state index in [0.29, 0.717) is 37.4 Å². The minimum absolute atomic E-state index is 0.213. The number of sulfonamides is 1. The molecule has 2 aromatic carbocycles. The monoisotopic (exact) mass is 526 g/mol. The molecule has 0 saturated heterocycles. The number of benzene rings is 2. The molecule has 0 bridgehead atoms. The van der Waals surface area contributed by atoms with E-state index in [2.05, 4.69) is 11.1 Å². The highest BCUT2D eigenvalue weighted by Crippen LogP contribution is 2.25. The van der Waals surface area contributed by atoms with Gasteiger partial charge >= 0.3 is 5.97 Å². The van der Waals surface area contributed by atoms with Gasteiger partial charge in [-0.15, -0.1) is 0 Å². The summed E-state index contributed by atoms with van der Waals surface area (Å²) in [6.45, 7) is 2.59. The highest BCUT2D eigenvalue weighted by atomic mass is 35.5. The Kier molecular flexibility index (Phi) is 10.2. The molecular formula is C28H31ClN2O4S. The maximum Gasteiger partial charge on any atom is 0.305 e. The van der Waals surface area contributed by atoms with E-state index in [0.717, 1.165) is 28.7 Å². The summed E-state index contributed by atoms with van der Waals surface area (Å²) in [6, 6.07) is 18.3. The highest BCUT2D eigenvalue weighted by molar-refractivity contribution is 7.89. The number of nitrogens with zero attached hydrogens (tertiary/aromatic N) is 2. The van der Waals surface area contributed by atoms with Crippen LogP contribution < -0.4 is 0 Å². The third kappa shape index (κ3) is 7.50. The number of ether oxygens (including phenoxy) is 1. The molecule has 0 fully saturated rings. The molecule has 1 heterocycles. The Balaban J connectivity index is 1.72. The van der Waals surface area contributed by atoms with Crippen LogP contribution in [0.2, 0.25) is 5.02 Å². The zero-order valence-electron chi connectivity index (χ0n) is 20.6. The molecule has 0 radical (unpaired) electrons. The SMILES string of the molecule is CCN(CCc1ccc(/C(=C\CCCC(=O)OC)c2cccnc2)cc1)S(=O)(=O)c1ccc(Cl)cc1. The Bertz CT molecular complexity index is 1260. The number of rotatable bonds is 12. The molecule has 8 heteroatoms. The van der Waals surface area contributed by atoms with Gasteiger partial charge in [-0.25, -0.2) is 8.42 Å². The van der Waals surface area contributed by atoms with E-state index in [4.69, 9.17) is 16.3 Å². The van der Waals surface area contributed by atoms with Gasteiger partial charge in [-0.1, -0.05) is 54.9 Å². The Morgan fingerprint density at radius 2 is 1.78 bits per heavy atom. The van der Waals surface area contributed by atoms with Crippen LogP contribution >= 0.6 is 11.6 Å². The van der Waals surface area contributed by atoms with E-state index in [1.54, 1.807) is 18.3 Å². The number of halogens is 1. The number of methoxy groups -OCH3 is 1. The van der Waals surface area contributed by atoms with Crippen molar-refractivity contribution >= 4 is 33.2 Å². The second kappa shape index (κ2) is 13.3. The molecule has 0 amide bonds. The molecule has 3 aromatic rings. The van der Waals surface area contributed by atoms with Crippen LogP contribution in [0.3, 0.4) is 0 Å². The van der Waals surface area contributed by atoms with E-state index in [9.17, 15) is 13.2 Å². The summed E-state index contributed by atoms with van der Waals surface area (Å²) in [5, 5.41) is 0.500. The summed E-state index contributed by atoms with van der Waals surface area (Å²) in [4.78, 5) is 15.9. The van der Waals surface area contributed by atoms with E-state index < -0.39 is 10.0 Å². The molecule has 0 unspecified atom stereocenters. The summed E-state index contributed by atoms with van der Waals surface area (Å²) in [5.41, 5.74) is 4.11. The maximum absolute atomic E-state index is 13.0. The molecule has 6 nitrogen and oxygen atoms in total. The predicted molar refractivity (Wildman–Crippen MR) is 143 cm³/mol. The summed E-state index contributed by atoms with van der Waals surface area (Å²) in [5.74, 6) is -0.213. The fraction of sp³-hybridized carbons (Fsp3) is 0.286. The van der Waals surface area contributed by atoms with E-state index in [1.165, 1.54) is 23.5 Å². The van der Waals surface area contributed by atoms with Crippen LogP contribution in [-0.2, 0) is 26.0 Å². The van der Waals surface area contributed by atoms with Gasteiger partial charge in [0.15, 0.2) is 0 Å². The Morgan fingerprint density at radius 3 is 2.39 bits per heavy atom. The molecule has 0 spiro atoms. The van der Waals surface area contributed by atoms with Gasteiger partial charge in [0.1, 0.15) is 0 Å². The fourth-order valence-electron chi connectivity index (χ4n) is 3.83. The second-order valence-electron chi connectivity index (χ2n) is 8.23. The number of unbranched alkanes of at least 4 members (excludes halogenated alkanes) is 1. The fourth-order valence-corrected chi connectivity index (χ4v) is 5.40. The van der Waals surface area contributed by atoms with E-state index in [1.807, 2.05) is 49.5 Å². The van der Waals surface area contributed by atoms with Crippen molar-refractivity contribution in [3.8, 4) is 0 Å². The largest absolute Gasteiger partial charge is 0.469 e. The van der Waals surface area contributed by atoms with Crippen LogP contribution in [0, 0.1) is 0 Å². The first kappa shape index (κ1) is 27.6. The molecule has 190 valence electrons. The highest BCUT2D eigenvalue weighted by Gasteiger charge is 2.22. The lowest BCUT2D eigenvalue weighted by molar-refractivity contribution is -0.140. The van der Waals surface area contributed by atoms with Crippen LogP contribution in [0.5, 0.6) is 0 Å². The number of pyridine rings is 1. The smallest absolute Gasteiger partial charge is 0.305 e. The lowest BCUT2D eigenvalue weighted by Crippen LogP contribution is -2.32. The molecule has 0 aliphatic heterocycles. The van der Waals surface area contributed by atoms with Crippen molar-refractivity contribution in [2.75, 3.05) is 20.2 Å². The van der Waals surface area contributed by atoms with Gasteiger partial charge in [-0.3, -0.25) is 9.78 Å². The summed E-state index contributed by atoms with van der Waals surface area (Å²) < 4.78 is 32.2. The van der Waals surface area contributed by atoms with Crippen molar-refractivity contribution in [1.82, 2.24) is 9.29 Å². The number of likely N-dealkylation sites (N-methyl/N-ethyl adjacent to an activating group) is 1. The number of hydrogen-bond donors (Lipinski definition) is 0. The Labute approximate surface area is 218 Å². The van der Waals surface area contributed by atoms with Gasteiger partial charge in [-0.2, -0.15) is 4.31 Å². The standard InChI is InChI=1S/C28H31ClN2O4S/c1-3-31(36(33,34)26-16-14-25(29)15-17-26)20-18-22-10-12-23(13-11-22)27(24-7-6-19-30-21-24)8-4-5-9-28(32)35-2/h6-8,10-17,19,21H,3-5,9,18,20H2,1-2H3/b27-8+. The molecule has 0 saturated carbocycles. The van der Waals surface area contributed by atoms with Gasteiger partial charge in [-0.05, 0) is 66.3 Å². The van der Waals surface area contributed by atoms with Gasteiger partial charge in [0.05, 0.1) is 12.0 Å². The molecule has 36 heavy (non-hydrogen) atoms. The molecule has 0 aliphatic rings. The van der Waals surface area contributed by atoms with Crippen molar-refractivity contribution < 1.29 is 17.9 Å². The van der Waals surface area contributed by atoms with Gasteiger partial charge in [0.2, 0.25) is 10.0 Å². The third-order valence-corrected chi connectivity index (χ3v) is 8.09. The second-order valence-corrected chi connectivity index (χ2v) is 10.6. The minimum atomic E-state index is -3.59. The van der Waals surface area contributed by atoms with Crippen LogP contribution in [0.4, 0.5) is 0 Å². The lowest BCUT2D eigenvalue weighted by Gasteiger charge is -2.20. The topological polar surface area (TPSA) is 76.6 Å². The lowest BCUT2D eigenvalue weighted by atomic mass is 9.96. The predicted octanol–water partition coefficient (Wildman–Crippen LogP) is 5.76. The van der Waals surface area contributed by atoms with Gasteiger partial charge in [0, 0.05) is 42.5 Å². The number of allylic oxidation sites excluding steroid dienone is 1. The van der Waals surface area contributed by atoms with Crippen molar-refractivity contribution in [3.05, 3.63) is 101 Å². The van der Waals surface area contributed by atoms with E-state index in [-0.39, 0.29) is 10.9 Å². The third-order valence-electron chi connectivity index (χ3n) is 5.85. The number of aromatic nitrogens is 1. The van der Waals surface area contributed by atoms with E-state index >= 15 is 0 Å². The maximum atomic E-state index is 13.0. The van der Waals surface area contributed by atoms with Crippen LogP contribution in [-0.4, -0.2) is 43.9 Å². The van der Waals surface area contributed by atoms with Gasteiger partial charge in [0.25, 0.3) is 0 Å². The van der Waals surface area contributed by atoms with Crippen molar-refractivity contribution in [2.45, 2.75) is 37.5 Å². The number of carbonyl (C=O) groups is 1. The Morgan fingerprint density at radius 1 is 1.06 bits per heavy atom. The van der Waals surface area contributed by atoms with Crippen molar-refractivity contribution in [2.24, 2.45) is 0 Å². The first-order valence-corrected chi connectivity index (χ1v) is 13.7. The zero-order chi connectivity index (χ0) is 26.0. The molecule has 1 aromatic heterocycles. The summed E-state index contributed by atoms with van der Waals surface area (Å²) >= 11 is 5.91. The molecule has 0 atom stereocenters. The van der Waals surface area contributed by atoms with Crippen LogP contribution in [0.1, 0.15) is 42.9 Å².